The summed E-state index contributed by atoms with van der Waals surface area (Å²) in [4.78, 5) is 40.7. The highest BCUT2D eigenvalue weighted by atomic mass is 16.6. The van der Waals surface area contributed by atoms with E-state index in [2.05, 4.69) is 20.4 Å². The van der Waals surface area contributed by atoms with Crippen molar-refractivity contribution >= 4 is 23.4 Å². The SMILES string of the molecule is CCOC(=O)C1=C(CN2CCN(c3ccc([N+](=O)[O-])cc3)CC2)NC(=O)N[C@@H]1c1cccc(OC)c1OC. The summed E-state index contributed by atoms with van der Waals surface area (Å²) in [5.41, 5.74) is 2.30. The largest absolute Gasteiger partial charge is 0.493 e. The predicted octanol–water partition coefficient (Wildman–Crippen LogP) is 2.61. The van der Waals surface area contributed by atoms with Gasteiger partial charge in [-0.3, -0.25) is 15.0 Å². The van der Waals surface area contributed by atoms with Gasteiger partial charge in [-0.1, -0.05) is 12.1 Å². The van der Waals surface area contributed by atoms with Crippen LogP contribution in [0.4, 0.5) is 16.2 Å². The number of amides is 2. The van der Waals surface area contributed by atoms with Gasteiger partial charge in [0, 0.05) is 61.8 Å². The molecule has 1 saturated heterocycles. The van der Waals surface area contributed by atoms with Crippen molar-refractivity contribution in [1.82, 2.24) is 15.5 Å². The first-order valence-electron chi connectivity index (χ1n) is 12.3. The van der Waals surface area contributed by atoms with Crippen LogP contribution in [0.3, 0.4) is 0 Å². The molecule has 2 aliphatic heterocycles. The van der Waals surface area contributed by atoms with E-state index in [0.717, 1.165) is 5.69 Å². The first-order chi connectivity index (χ1) is 18.4. The lowest BCUT2D eigenvalue weighted by atomic mass is 9.93. The van der Waals surface area contributed by atoms with Gasteiger partial charge in [0.1, 0.15) is 0 Å². The number of ether oxygens (including phenoxy) is 3. The highest BCUT2D eigenvalue weighted by molar-refractivity contribution is 5.95. The predicted molar refractivity (Wildman–Crippen MR) is 139 cm³/mol. The fourth-order valence-electron chi connectivity index (χ4n) is 4.74. The maximum atomic E-state index is 13.2. The average Bonchev–Trinajstić information content (AvgIpc) is 2.92. The maximum absolute atomic E-state index is 13.2. The minimum Gasteiger partial charge on any atom is -0.493 e. The Morgan fingerprint density at radius 1 is 1.08 bits per heavy atom. The zero-order chi connectivity index (χ0) is 27.2. The summed E-state index contributed by atoms with van der Waals surface area (Å²) in [6.07, 6.45) is 0. The lowest BCUT2D eigenvalue weighted by Crippen LogP contribution is -2.51. The summed E-state index contributed by atoms with van der Waals surface area (Å²) in [5.74, 6) is 0.361. The number of urea groups is 1. The van der Waals surface area contributed by atoms with Crippen LogP contribution < -0.4 is 25.0 Å². The van der Waals surface area contributed by atoms with Gasteiger partial charge >= 0.3 is 12.0 Å². The van der Waals surface area contributed by atoms with Gasteiger partial charge < -0.3 is 29.7 Å². The third-order valence-electron chi connectivity index (χ3n) is 6.57. The fraction of sp³-hybridized carbons (Fsp3) is 0.385. The van der Waals surface area contributed by atoms with Crippen LogP contribution in [-0.2, 0) is 9.53 Å². The van der Waals surface area contributed by atoms with Crippen molar-refractivity contribution in [1.29, 1.82) is 0 Å². The van der Waals surface area contributed by atoms with Crippen molar-refractivity contribution in [2.24, 2.45) is 0 Å². The first-order valence-corrected chi connectivity index (χ1v) is 12.3. The Morgan fingerprint density at radius 3 is 2.39 bits per heavy atom. The molecular weight excluding hydrogens is 494 g/mol. The van der Waals surface area contributed by atoms with E-state index in [0.29, 0.717) is 61.1 Å². The second-order valence-electron chi connectivity index (χ2n) is 8.76. The molecule has 0 aliphatic carbocycles. The molecule has 4 rings (SSSR count). The fourth-order valence-corrected chi connectivity index (χ4v) is 4.74. The lowest BCUT2D eigenvalue weighted by Gasteiger charge is -2.38. The molecule has 38 heavy (non-hydrogen) atoms. The Morgan fingerprint density at radius 2 is 1.79 bits per heavy atom. The molecule has 202 valence electrons. The summed E-state index contributed by atoms with van der Waals surface area (Å²) in [5, 5.41) is 16.6. The lowest BCUT2D eigenvalue weighted by molar-refractivity contribution is -0.384. The molecule has 0 aromatic heterocycles. The van der Waals surface area contributed by atoms with E-state index in [1.165, 1.54) is 26.4 Å². The van der Waals surface area contributed by atoms with E-state index in [-0.39, 0.29) is 12.3 Å². The second-order valence-corrected chi connectivity index (χ2v) is 8.76. The van der Waals surface area contributed by atoms with Crippen LogP contribution in [0.5, 0.6) is 11.5 Å². The second kappa shape index (κ2) is 11.8. The number of methoxy groups -OCH3 is 2. The molecule has 1 atom stereocenters. The number of hydrogen-bond acceptors (Lipinski definition) is 9. The molecule has 2 aromatic rings. The molecule has 2 heterocycles. The number of anilines is 1. The smallest absolute Gasteiger partial charge is 0.338 e. The van der Waals surface area contributed by atoms with Gasteiger partial charge in [-0.15, -0.1) is 0 Å². The molecule has 0 bridgehead atoms. The minimum atomic E-state index is -0.802. The number of benzene rings is 2. The van der Waals surface area contributed by atoms with Crippen molar-refractivity contribution < 1.29 is 28.7 Å². The van der Waals surface area contributed by atoms with Crippen LogP contribution in [-0.4, -0.2) is 75.4 Å². The Labute approximate surface area is 220 Å². The maximum Gasteiger partial charge on any atom is 0.338 e. The van der Waals surface area contributed by atoms with Crippen molar-refractivity contribution in [3.8, 4) is 11.5 Å². The molecule has 0 radical (unpaired) electrons. The van der Waals surface area contributed by atoms with Gasteiger partial charge in [-0.25, -0.2) is 9.59 Å². The molecule has 2 aromatic carbocycles. The van der Waals surface area contributed by atoms with Gasteiger partial charge in [0.25, 0.3) is 5.69 Å². The monoisotopic (exact) mass is 525 g/mol. The van der Waals surface area contributed by atoms with Crippen LogP contribution >= 0.6 is 0 Å². The zero-order valence-corrected chi connectivity index (χ0v) is 21.6. The van der Waals surface area contributed by atoms with Crippen molar-refractivity contribution in [2.75, 3.05) is 58.5 Å². The molecule has 0 unspecified atom stereocenters. The molecule has 12 nitrogen and oxygen atoms in total. The van der Waals surface area contributed by atoms with Gasteiger partial charge in [-0.05, 0) is 25.1 Å². The highest BCUT2D eigenvalue weighted by Crippen LogP contribution is 2.39. The topological polar surface area (TPSA) is 136 Å². The summed E-state index contributed by atoms with van der Waals surface area (Å²) in [6, 6.07) is 10.5. The van der Waals surface area contributed by atoms with Gasteiger partial charge in [0.15, 0.2) is 11.5 Å². The number of piperazine rings is 1. The summed E-state index contributed by atoms with van der Waals surface area (Å²) in [6.45, 7) is 4.92. The van der Waals surface area contributed by atoms with Crippen LogP contribution in [0.1, 0.15) is 18.5 Å². The number of carbonyl (C=O) groups excluding carboxylic acids is 2. The molecule has 12 heteroatoms. The number of nitrogens with one attached hydrogen (secondary N) is 2. The molecule has 0 saturated carbocycles. The third kappa shape index (κ3) is 5.65. The molecule has 2 N–H and O–H groups in total. The Balaban J connectivity index is 1.58. The Kier molecular flexibility index (Phi) is 8.31. The number of nitrogens with zero attached hydrogens (tertiary/aromatic N) is 3. The minimum absolute atomic E-state index is 0.0506. The number of para-hydroxylation sites is 1. The molecule has 2 amide bonds. The quantitative estimate of drug-likeness (QED) is 0.288. The Bertz CT molecular complexity index is 1220. The summed E-state index contributed by atoms with van der Waals surface area (Å²) >= 11 is 0. The van der Waals surface area contributed by atoms with Crippen molar-refractivity contribution in [3.63, 3.8) is 0 Å². The molecule has 1 fully saturated rings. The van der Waals surface area contributed by atoms with Crippen molar-refractivity contribution in [3.05, 3.63) is 69.4 Å². The van der Waals surface area contributed by atoms with Crippen LogP contribution in [0, 0.1) is 10.1 Å². The number of hydrogen-bond donors (Lipinski definition) is 2. The number of nitro groups is 1. The van der Waals surface area contributed by atoms with Gasteiger partial charge in [0.2, 0.25) is 0 Å². The molecule has 0 spiro atoms. The summed E-state index contributed by atoms with van der Waals surface area (Å²) < 4.78 is 16.4. The van der Waals surface area contributed by atoms with Gasteiger partial charge in [-0.2, -0.15) is 0 Å². The van der Waals surface area contributed by atoms with E-state index >= 15 is 0 Å². The van der Waals surface area contributed by atoms with E-state index in [4.69, 9.17) is 14.2 Å². The van der Waals surface area contributed by atoms with Crippen LogP contribution in [0.15, 0.2) is 53.7 Å². The number of esters is 1. The summed E-state index contributed by atoms with van der Waals surface area (Å²) in [7, 11) is 3.02. The number of rotatable bonds is 9. The zero-order valence-electron chi connectivity index (χ0n) is 21.6. The van der Waals surface area contributed by atoms with E-state index in [1.54, 1.807) is 37.3 Å². The molecule has 2 aliphatic rings. The Hall–Kier alpha value is -4.32. The number of carbonyl (C=O) groups is 2. The van der Waals surface area contributed by atoms with Crippen LogP contribution in [0.25, 0.3) is 0 Å². The number of non-ortho nitro benzene ring substituents is 1. The van der Waals surface area contributed by atoms with E-state index in [1.807, 2.05) is 0 Å². The third-order valence-corrected chi connectivity index (χ3v) is 6.57. The van der Waals surface area contributed by atoms with E-state index in [9.17, 15) is 19.7 Å². The number of nitro benzene ring substituents is 1. The normalized spacial score (nSPS) is 17.9. The van der Waals surface area contributed by atoms with Gasteiger partial charge in [0.05, 0.1) is 37.4 Å². The highest BCUT2D eigenvalue weighted by Gasteiger charge is 2.36. The van der Waals surface area contributed by atoms with E-state index < -0.39 is 23.0 Å². The van der Waals surface area contributed by atoms with Crippen LogP contribution in [0.2, 0.25) is 0 Å². The first kappa shape index (κ1) is 26.7. The molecular formula is C26H31N5O7. The van der Waals surface area contributed by atoms with Crippen molar-refractivity contribution in [2.45, 2.75) is 13.0 Å². The average molecular weight is 526 g/mol. The standard InChI is InChI=1S/C26H31N5O7/c1-4-38-25(32)22-20(27-26(33)28-23(22)19-6-5-7-21(36-2)24(19)37-3)16-29-12-14-30(15-13-29)17-8-10-18(11-9-17)31(34)35/h5-11,23H,4,12-16H2,1-3H3,(H2,27,28,33)/t23-/m1/s1.